The molecule has 5 nitrogen and oxygen atoms in total. The Morgan fingerprint density at radius 2 is 2.17 bits per heavy atom. The number of aliphatic hydroxyl groups is 1. The lowest BCUT2D eigenvalue weighted by molar-refractivity contribution is 0.0992. The third-order valence-corrected chi connectivity index (χ3v) is 2.56. The number of nitrogen functional groups attached to an aromatic ring is 1. The van der Waals surface area contributed by atoms with Crippen molar-refractivity contribution in [2.24, 2.45) is 0 Å². The summed E-state index contributed by atoms with van der Waals surface area (Å²) in [7, 11) is 0. The zero-order valence-electron chi connectivity index (χ0n) is 10.1. The largest absolute Gasteiger partial charge is 0.399 e. The molecule has 0 aliphatic carbocycles. The highest BCUT2D eigenvalue weighted by molar-refractivity contribution is 5.92. The van der Waals surface area contributed by atoms with Gasteiger partial charge >= 0.3 is 0 Å². The number of nitrogens with zero attached hydrogens (tertiary/aromatic N) is 1. The first-order chi connectivity index (χ1) is 8.81. The van der Waals surface area contributed by atoms with Gasteiger partial charge in [0.15, 0.2) is 0 Å². The number of aromatic nitrogens is 1. The second-order valence-electron chi connectivity index (χ2n) is 3.90. The molecule has 1 aromatic heterocycles. The number of fused-ring (bicyclic) bond motifs is 1. The van der Waals surface area contributed by atoms with E-state index in [1.807, 2.05) is 24.3 Å². The fraction of sp³-hybridized carbons (Fsp3) is 0.308. The fourth-order valence-corrected chi connectivity index (χ4v) is 1.74. The van der Waals surface area contributed by atoms with Gasteiger partial charge in [0.1, 0.15) is 0 Å². The molecule has 5 heteroatoms. The van der Waals surface area contributed by atoms with Crippen LogP contribution in [-0.2, 0) is 4.74 Å². The predicted octanol–water partition coefficient (Wildman–Crippen LogP) is 1.24. The minimum absolute atomic E-state index is 0.0530. The molecule has 1 aromatic carbocycles. The predicted molar refractivity (Wildman–Crippen MR) is 72.5 cm³/mol. The average molecular weight is 247 g/mol. The lowest BCUT2D eigenvalue weighted by Gasteiger charge is -2.09. The second-order valence-corrected chi connectivity index (χ2v) is 3.90. The smallest absolute Gasteiger partial charge is 0.0743 e. The van der Waals surface area contributed by atoms with E-state index in [-0.39, 0.29) is 6.61 Å². The molecule has 0 amide bonds. The van der Waals surface area contributed by atoms with Crippen molar-refractivity contribution in [3.05, 3.63) is 30.5 Å². The number of nitrogens with one attached hydrogen (secondary N) is 1. The standard InChI is InChI=1S/C13H17N3O2/c14-10-1-2-11-12(3-4-15-13(11)9-10)16-5-7-18-8-6-17/h1-4,9,17H,5-8,14H2,(H,15,16). The van der Waals surface area contributed by atoms with E-state index in [9.17, 15) is 0 Å². The van der Waals surface area contributed by atoms with Crippen molar-refractivity contribution in [2.45, 2.75) is 0 Å². The van der Waals surface area contributed by atoms with Gasteiger partial charge in [0.2, 0.25) is 0 Å². The highest BCUT2D eigenvalue weighted by Gasteiger charge is 2.01. The number of nitrogens with two attached hydrogens (primary N) is 1. The molecule has 0 saturated carbocycles. The molecule has 1 heterocycles. The first kappa shape index (κ1) is 12.6. The molecule has 2 aromatic rings. The minimum Gasteiger partial charge on any atom is -0.399 e. The number of anilines is 2. The van der Waals surface area contributed by atoms with Crippen molar-refractivity contribution in [1.29, 1.82) is 0 Å². The maximum Gasteiger partial charge on any atom is 0.0743 e. The Hall–Kier alpha value is -1.85. The van der Waals surface area contributed by atoms with Crippen molar-refractivity contribution in [3.8, 4) is 0 Å². The molecule has 96 valence electrons. The highest BCUT2D eigenvalue weighted by Crippen LogP contribution is 2.22. The van der Waals surface area contributed by atoms with Gasteiger partial charge in [-0.25, -0.2) is 0 Å². The molecule has 0 fully saturated rings. The maximum absolute atomic E-state index is 8.58. The quantitative estimate of drug-likeness (QED) is 0.528. The number of aliphatic hydroxyl groups excluding tert-OH is 1. The van der Waals surface area contributed by atoms with Gasteiger partial charge < -0.3 is 20.9 Å². The number of benzene rings is 1. The maximum atomic E-state index is 8.58. The molecule has 0 saturated heterocycles. The molecule has 2 rings (SSSR count). The number of rotatable bonds is 6. The molecule has 0 atom stereocenters. The third-order valence-electron chi connectivity index (χ3n) is 2.56. The molecule has 0 bridgehead atoms. The Kier molecular flexibility index (Phi) is 4.33. The van der Waals surface area contributed by atoms with Crippen LogP contribution >= 0.6 is 0 Å². The molecular formula is C13H17N3O2. The number of pyridine rings is 1. The topological polar surface area (TPSA) is 80.4 Å². The first-order valence-electron chi connectivity index (χ1n) is 5.88. The van der Waals surface area contributed by atoms with Gasteiger partial charge in [-0.15, -0.1) is 0 Å². The van der Waals surface area contributed by atoms with E-state index in [0.717, 1.165) is 16.6 Å². The fourth-order valence-electron chi connectivity index (χ4n) is 1.74. The summed E-state index contributed by atoms with van der Waals surface area (Å²) in [5, 5.41) is 12.9. The molecule has 18 heavy (non-hydrogen) atoms. The van der Waals surface area contributed by atoms with Crippen LogP contribution in [0.4, 0.5) is 11.4 Å². The summed E-state index contributed by atoms with van der Waals surface area (Å²) in [6, 6.07) is 7.58. The van der Waals surface area contributed by atoms with E-state index in [4.69, 9.17) is 15.6 Å². The molecular weight excluding hydrogens is 230 g/mol. The van der Waals surface area contributed by atoms with Gasteiger partial charge in [-0.3, -0.25) is 4.98 Å². The van der Waals surface area contributed by atoms with Crippen LogP contribution in [0.2, 0.25) is 0 Å². The molecule has 0 unspecified atom stereocenters. The Morgan fingerprint density at radius 3 is 3.00 bits per heavy atom. The van der Waals surface area contributed by atoms with Gasteiger partial charge in [0.05, 0.1) is 25.3 Å². The van der Waals surface area contributed by atoms with Crippen LogP contribution < -0.4 is 11.1 Å². The van der Waals surface area contributed by atoms with Crippen molar-refractivity contribution in [1.82, 2.24) is 4.98 Å². The number of hydrogen-bond donors (Lipinski definition) is 3. The third kappa shape index (κ3) is 3.09. The van der Waals surface area contributed by atoms with Gasteiger partial charge in [-0.2, -0.15) is 0 Å². The van der Waals surface area contributed by atoms with Crippen LogP contribution in [0.1, 0.15) is 0 Å². The monoisotopic (exact) mass is 247 g/mol. The number of hydrogen-bond acceptors (Lipinski definition) is 5. The van der Waals surface area contributed by atoms with Gasteiger partial charge in [0, 0.05) is 29.5 Å². The zero-order chi connectivity index (χ0) is 12.8. The van der Waals surface area contributed by atoms with Crippen LogP contribution in [0.3, 0.4) is 0 Å². The summed E-state index contributed by atoms with van der Waals surface area (Å²) in [6.07, 6.45) is 1.75. The van der Waals surface area contributed by atoms with E-state index in [1.54, 1.807) is 6.20 Å². The van der Waals surface area contributed by atoms with Crippen LogP contribution in [0.25, 0.3) is 10.9 Å². The second kappa shape index (κ2) is 6.18. The van der Waals surface area contributed by atoms with E-state index in [0.29, 0.717) is 25.4 Å². The highest BCUT2D eigenvalue weighted by atomic mass is 16.5. The van der Waals surface area contributed by atoms with Crippen LogP contribution in [-0.4, -0.2) is 36.5 Å². The Morgan fingerprint density at radius 1 is 1.28 bits per heavy atom. The molecule has 0 aliphatic rings. The van der Waals surface area contributed by atoms with E-state index < -0.39 is 0 Å². The van der Waals surface area contributed by atoms with Crippen molar-refractivity contribution in [2.75, 3.05) is 37.4 Å². The number of ether oxygens (including phenoxy) is 1. The zero-order valence-corrected chi connectivity index (χ0v) is 10.1. The van der Waals surface area contributed by atoms with Gasteiger partial charge in [-0.1, -0.05) is 0 Å². The summed E-state index contributed by atoms with van der Waals surface area (Å²) in [4.78, 5) is 4.28. The van der Waals surface area contributed by atoms with Gasteiger partial charge in [0.25, 0.3) is 0 Å². The summed E-state index contributed by atoms with van der Waals surface area (Å²) in [6.45, 7) is 1.66. The molecule has 0 aliphatic heterocycles. The van der Waals surface area contributed by atoms with Crippen molar-refractivity contribution in [3.63, 3.8) is 0 Å². The molecule has 0 spiro atoms. The van der Waals surface area contributed by atoms with Crippen molar-refractivity contribution >= 4 is 22.3 Å². The lowest BCUT2D eigenvalue weighted by atomic mass is 10.1. The van der Waals surface area contributed by atoms with Crippen LogP contribution in [0.5, 0.6) is 0 Å². The average Bonchev–Trinajstić information content (AvgIpc) is 2.38. The SMILES string of the molecule is Nc1ccc2c(NCCOCCO)ccnc2c1. The normalized spacial score (nSPS) is 10.7. The van der Waals surface area contributed by atoms with E-state index in [1.165, 1.54) is 0 Å². The molecule has 0 radical (unpaired) electrons. The summed E-state index contributed by atoms with van der Waals surface area (Å²) in [5.74, 6) is 0. The van der Waals surface area contributed by atoms with E-state index >= 15 is 0 Å². The first-order valence-corrected chi connectivity index (χ1v) is 5.88. The van der Waals surface area contributed by atoms with Crippen LogP contribution in [0.15, 0.2) is 30.5 Å². The lowest BCUT2D eigenvalue weighted by Crippen LogP contribution is -2.11. The summed E-state index contributed by atoms with van der Waals surface area (Å²) >= 11 is 0. The van der Waals surface area contributed by atoms with Crippen molar-refractivity contribution < 1.29 is 9.84 Å². The summed E-state index contributed by atoms with van der Waals surface area (Å²) in [5.41, 5.74) is 8.31. The van der Waals surface area contributed by atoms with Crippen LogP contribution in [0, 0.1) is 0 Å². The van der Waals surface area contributed by atoms with E-state index in [2.05, 4.69) is 10.3 Å². The van der Waals surface area contributed by atoms with Gasteiger partial charge in [-0.05, 0) is 24.3 Å². The Balaban J connectivity index is 2.04. The Labute approximate surface area is 106 Å². The molecule has 4 N–H and O–H groups in total. The summed E-state index contributed by atoms with van der Waals surface area (Å²) < 4.78 is 5.19. The minimum atomic E-state index is 0.0530. The Bertz CT molecular complexity index is 517.